The standard InChI is InChI=1S/C38H24N2/c1-2-13-27(14-3-1)39-34-18-8-6-16-29(34)32-23-26-21-22-36-38(31(26)24-37(32)39)30-17-7-9-19-35(30)40(36)33-20-10-12-25-11-4-5-15-28(25)33/h1-24H. The van der Waals surface area contributed by atoms with E-state index in [0.29, 0.717) is 0 Å². The zero-order valence-electron chi connectivity index (χ0n) is 21.8. The van der Waals surface area contributed by atoms with Crippen LogP contribution in [0.5, 0.6) is 0 Å². The Morgan fingerprint density at radius 2 is 1.00 bits per heavy atom. The van der Waals surface area contributed by atoms with Crippen molar-refractivity contribution in [2.24, 2.45) is 0 Å². The number of hydrogen-bond donors (Lipinski definition) is 0. The molecule has 0 unspecified atom stereocenters. The van der Waals surface area contributed by atoms with E-state index in [4.69, 9.17) is 0 Å². The minimum absolute atomic E-state index is 1.18. The van der Waals surface area contributed by atoms with Gasteiger partial charge in [0.1, 0.15) is 0 Å². The fourth-order valence-corrected chi connectivity index (χ4v) is 6.77. The lowest BCUT2D eigenvalue weighted by atomic mass is 10.0. The minimum Gasteiger partial charge on any atom is -0.309 e. The van der Waals surface area contributed by atoms with Crippen molar-refractivity contribution in [2.45, 2.75) is 0 Å². The first-order valence-corrected chi connectivity index (χ1v) is 13.8. The number of aromatic nitrogens is 2. The van der Waals surface area contributed by atoms with Gasteiger partial charge in [-0.1, -0.05) is 97.1 Å². The molecule has 0 bridgehead atoms. The highest BCUT2D eigenvalue weighted by molar-refractivity contribution is 6.25. The Bertz CT molecular complexity index is 2420. The summed E-state index contributed by atoms with van der Waals surface area (Å²) in [5.74, 6) is 0. The molecule has 0 radical (unpaired) electrons. The SMILES string of the molecule is c1ccc(-n2c3ccccc3c3cc4ccc5c(c4cc32)c2ccccc2n5-c2cccc3ccccc23)cc1. The van der Waals surface area contributed by atoms with Crippen molar-refractivity contribution in [3.63, 3.8) is 0 Å². The average Bonchev–Trinajstić information content (AvgIpc) is 3.53. The zero-order valence-corrected chi connectivity index (χ0v) is 21.8. The summed E-state index contributed by atoms with van der Waals surface area (Å²) in [4.78, 5) is 0. The fourth-order valence-electron chi connectivity index (χ4n) is 6.77. The molecule has 0 amide bonds. The molecule has 2 nitrogen and oxygen atoms in total. The lowest BCUT2D eigenvalue weighted by Crippen LogP contribution is -1.95. The van der Waals surface area contributed by atoms with Gasteiger partial charge in [-0.2, -0.15) is 0 Å². The van der Waals surface area contributed by atoms with Crippen LogP contribution < -0.4 is 0 Å². The summed E-state index contributed by atoms with van der Waals surface area (Å²) in [5, 5.41) is 10.2. The van der Waals surface area contributed by atoms with Crippen molar-refractivity contribution >= 4 is 65.2 Å². The number of para-hydroxylation sites is 3. The van der Waals surface area contributed by atoms with Gasteiger partial charge in [-0.05, 0) is 64.7 Å². The van der Waals surface area contributed by atoms with Gasteiger partial charge >= 0.3 is 0 Å². The number of fused-ring (bicyclic) bond motifs is 9. The van der Waals surface area contributed by atoms with Gasteiger partial charge in [0, 0.05) is 32.6 Å². The Morgan fingerprint density at radius 1 is 0.325 bits per heavy atom. The van der Waals surface area contributed by atoms with E-state index in [1.807, 2.05) is 0 Å². The second-order valence-electron chi connectivity index (χ2n) is 10.6. The van der Waals surface area contributed by atoms with E-state index in [-0.39, 0.29) is 0 Å². The van der Waals surface area contributed by atoms with E-state index >= 15 is 0 Å². The molecular weight excluding hydrogens is 484 g/mol. The zero-order chi connectivity index (χ0) is 26.2. The van der Waals surface area contributed by atoms with E-state index in [0.717, 1.165) is 0 Å². The number of rotatable bonds is 2. The molecule has 7 aromatic carbocycles. The van der Waals surface area contributed by atoms with E-state index < -0.39 is 0 Å². The van der Waals surface area contributed by atoms with Gasteiger partial charge in [-0.3, -0.25) is 0 Å². The van der Waals surface area contributed by atoms with E-state index in [1.54, 1.807) is 0 Å². The molecule has 0 saturated carbocycles. The topological polar surface area (TPSA) is 9.86 Å². The quantitative estimate of drug-likeness (QED) is 0.220. The molecule has 9 rings (SSSR count). The minimum atomic E-state index is 1.18. The van der Waals surface area contributed by atoms with Crippen LogP contribution in [0.25, 0.3) is 76.5 Å². The third-order valence-electron chi connectivity index (χ3n) is 8.47. The van der Waals surface area contributed by atoms with Crippen molar-refractivity contribution < 1.29 is 0 Å². The Balaban J connectivity index is 1.47. The van der Waals surface area contributed by atoms with Crippen LogP contribution in [0.4, 0.5) is 0 Å². The van der Waals surface area contributed by atoms with Gasteiger partial charge in [0.05, 0.1) is 27.8 Å². The third-order valence-corrected chi connectivity index (χ3v) is 8.47. The number of benzene rings is 7. The van der Waals surface area contributed by atoms with Crippen LogP contribution in [0, 0.1) is 0 Å². The molecule has 2 heteroatoms. The molecule has 0 saturated heterocycles. The summed E-state index contributed by atoms with van der Waals surface area (Å²) >= 11 is 0. The van der Waals surface area contributed by atoms with Crippen LogP contribution in [0.1, 0.15) is 0 Å². The van der Waals surface area contributed by atoms with Gasteiger partial charge in [0.15, 0.2) is 0 Å². The Kier molecular flexibility index (Phi) is 4.36. The van der Waals surface area contributed by atoms with Gasteiger partial charge in [0.2, 0.25) is 0 Å². The molecule has 0 atom stereocenters. The number of nitrogens with zero attached hydrogens (tertiary/aromatic N) is 2. The Hall–Kier alpha value is -5.34. The van der Waals surface area contributed by atoms with Gasteiger partial charge in [-0.25, -0.2) is 0 Å². The van der Waals surface area contributed by atoms with E-state index in [2.05, 4.69) is 155 Å². The second-order valence-corrected chi connectivity index (χ2v) is 10.6. The molecule has 2 heterocycles. The van der Waals surface area contributed by atoms with Crippen molar-refractivity contribution in [1.29, 1.82) is 0 Å². The van der Waals surface area contributed by atoms with Crippen LogP contribution in [0.15, 0.2) is 146 Å². The molecule has 9 aromatic rings. The Labute approximate surface area is 230 Å². The molecule has 0 aliphatic carbocycles. The monoisotopic (exact) mass is 508 g/mol. The molecular formula is C38H24N2. The summed E-state index contributed by atoms with van der Waals surface area (Å²) in [5.41, 5.74) is 7.31. The lowest BCUT2D eigenvalue weighted by molar-refractivity contribution is 1.18. The molecule has 40 heavy (non-hydrogen) atoms. The van der Waals surface area contributed by atoms with Crippen LogP contribution >= 0.6 is 0 Å². The van der Waals surface area contributed by atoms with E-state index in [1.165, 1.54) is 76.5 Å². The second kappa shape index (κ2) is 8.08. The highest BCUT2D eigenvalue weighted by Gasteiger charge is 2.18. The van der Waals surface area contributed by atoms with E-state index in [9.17, 15) is 0 Å². The first kappa shape index (κ1) is 21.6. The van der Waals surface area contributed by atoms with Crippen molar-refractivity contribution in [2.75, 3.05) is 0 Å². The fraction of sp³-hybridized carbons (Fsp3) is 0. The summed E-state index contributed by atoms with van der Waals surface area (Å²) in [6.07, 6.45) is 0. The summed E-state index contributed by atoms with van der Waals surface area (Å²) < 4.78 is 4.86. The van der Waals surface area contributed by atoms with Crippen LogP contribution in [0.2, 0.25) is 0 Å². The molecule has 0 spiro atoms. The molecule has 186 valence electrons. The van der Waals surface area contributed by atoms with Crippen molar-refractivity contribution in [3.8, 4) is 11.4 Å². The maximum Gasteiger partial charge on any atom is 0.0547 e. The number of hydrogen-bond acceptors (Lipinski definition) is 0. The van der Waals surface area contributed by atoms with Gasteiger partial charge in [0.25, 0.3) is 0 Å². The maximum absolute atomic E-state index is 2.45. The smallest absolute Gasteiger partial charge is 0.0547 e. The van der Waals surface area contributed by atoms with Crippen LogP contribution in [-0.2, 0) is 0 Å². The Morgan fingerprint density at radius 3 is 1.85 bits per heavy atom. The summed E-state index contributed by atoms with van der Waals surface area (Å²) in [7, 11) is 0. The normalized spacial score (nSPS) is 12.0. The predicted molar refractivity (Wildman–Crippen MR) is 170 cm³/mol. The lowest BCUT2D eigenvalue weighted by Gasteiger charge is -2.12. The first-order chi connectivity index (χ1) is 19.9. The largest absolute Gasteiger partial charge is 0.309 e. The first-order valence-electron chi connectivity index (χ1n) is 13.8. The average molecular weight is 509 g/mol. The van der Waals surface area contributed by atoms with Crippen molar-refractivity contribution in [1.82, 2.24) is 9.13 Å². The predicted octanol–water partition coefficient (Wildman–Crippen LogP) is 10.2. The molecule has 0 N–H and O–H groups in total. The molecule has 0 fully saturated rings. The van der Waals surface area contributed by atoms with Crippen LogP contribution in [0.3, 0.4) is 0 Å². The molecule has 0 aliphatic rings. The highest BCUT2D eigenvalue weighted by atomic mass is 15.0. The van der Waals surface area contributed by atoms with Crippen molar-refractivity contribution in [3.05, 3.63) is 146 Å². The molecule has 0 aliphatic heterocycles. The summed E-state index contributed by atoms with van der Waals surface area (Å²) in [6.45, 7) is 0. The van der Waals surface area contributed by atoms with Gasteiger partial charge in [-0.15, -0.1) is 0 Å². The highest BCUT2D eigenvalue weighted by Crippen LogP contribution is 2.41. The third kappa shape index (κ3) is 2.88. The maximum atomic E-state index is 2.45. The molecule has 2 aromatic heterocycles. The van der Waals surface area contributed by atoms with Crippen LogP contribution in [-0.4, -0.2) is 9.13 Å². The summed E-state index contributed by atoms with van der Waals surface area (Å²) in [6, 6.07) is 53.0. The van der Waals surface area contributed by atoms with Gasteiger partial charge < -0.3 is 9.13 Å².